The fourth-order valence-electron chi connectivity index (χ4n) is 9.35. The Balaban J connectivity index is 1.24. The first-order valence-corrected chi connectivity index (χ1v) is 25.0. The second-order valence-electron chi connectivity index (χ2n) is 18.4. The van der Waals surface area contributed by atoms with E-state index in [0.29, 0.717) is 71.7 Å². The Morgan fingerprint density at radius 1 is 0.333 bits per heavy atom. The van der Waals surface area contributed by atoms with Crippen molar-refractivity contribution in [3.63, 3.8) is 0 Å². The van der Waals surface area contributed by atoms with Crippen LogP contribution in [-0.4, -0.2) is 59.1 Å². The number of aliphatic hydroxyl groups is 4. The third kappa shape index (κ3) is 11.4. The molecule has 8 heteroatoms. The SMILES string of the molecule is C=CCCCOc1ccc2cc(C(O)(c3ccc4cc(OCCCC=C)ccc4c3)[C@H](O)[C@@H](O)C(O)(c3ccc4cc(OCCCC=C)ccc4c3)c3ccc4cc(OCCCC=C)ccc4c3)ccc2c1. The van der Waals surface area contributed by atoms with Gasteiger partial charge in [0.1, 0.15) is 46.4 Å². The molecule has 8 nitrogen and oxygen atoms in total. The van der Waals surface area contributed by atoms with E-state index in [9.17, 15) is 20.4 Å². The van der Waals surface area contributed by atoms with Crippen molar-refractivity contribution in [3.8, 4) is 23.0 Å². The van der Waals surface area contributed by atoms with Crippen molar-refractivity contribution < 1.29 is 39.4 Å². The van der Waals surface area contributed by atoms with Gasteiger partial charge in [0.25, 0.3) is 0 Å². The average Bonchev–Trinajstić information content (AvgIpc) is 3.41. The summed E-state index contributed by atoms with van der Waals surface area (Å²) in [6.07, 6.45) is 10.2. The molecule has 0 aromatic heterocycles. The summed E-state index contributed by atoms with van der Waals surface area (Å²) >= 11 is 0. The average molecular weight is 963 g/mol. The van der Waals surface area contributed by atoms with Crippen molar-refractivity contribution in [3.05, 3.63) is 218 Å². The van der Waals surface area contributed by atoms with E-state index in [2.05, 4.69) is 26.3 Å². The molecule has 0 bridgehead atoms. The summed E-state index contributed by atoms with van der Waals surface area (Å²) in [4.78, 5) is 0. The summed E-state index contributed by atoms with van der Waals surface area (Å²) in [5.74, 6) is 2.83. The molecule has 0 aliphatic carbocycles. The van der Waals surface area contributed by atoms with Crippen LogP contribution in [0.25, 0.3) is 43.1 Å². The third-order valence-corrected chi connectivity index (χ3v) is 13.4. The van der Waals surface area contributed by atoms with Crippen LogP contribution < -0.4 is 18.9 Å². The van der Waals surface area contributed by atoms with Gasteiger partial charge in [-0.25, -0.2) is 0 Å². The lowest BCUT2D eigenvalue weighted by atomic mass is 9.71. The maximum atomic E-state index is 13.6. The van der Waals surface area contributed by atoms with Gasteiger partial charge in [0.05, 0.1) is 26.4 Å². The molecule has 2 atom stereocenters. The highest BCUT2D eigenvalue weighted by atomic mass is 16.5. The molecule has 8 aromatic carbocycles. The maximum absolute atomic E-state index is 13.6. The quantitative estimate of drug-likeness (QED) is 0.0297. The summed E-state index contributed by atoms with van der Waals surface area (Å²) in [5, 5.41) is 59.9. The number of ether oxygens (including phenoxy) is 4. The molecule has 0 aliphatic heterocycles. The molecule has 72 heavy (non-hydrogen) atoms. The van der Waals surface area contributed by atoms with Gasteiger partial charge in [-0.15, -0.1) is 26.3 Å². The summed E-state index contributed by atoms with van der Waals surface area (Å²) in [5.41, 5.74) is -3.35. The Morgan fingerprint density at radius 3 is 0.764 bits per heavy atom. The molecule has 4 N–H and O–H groups in total. The zero-order valence-electron chi connectivity index (χ0n) is 41.1. The van der Waals surface area contributed by atoms with E-state index in [1.807, 2.05) is 146 Å². The highest BCUT2D eigenvalue weighted by Gasteiger charge is 2.52. The summed E-state index contributed by atoms with van der Waals surface area (Å²) < 4.78 is 24.2. The normalized spacial score (nSPS) is 12.7. The molecule has 8 aromatic rings. The molecular formula is C64H66O8. The van der Waals surface area contributed by atoms with E-state index in [0.717, 1.165) is 94.5 Å². The first-order valence-electron chi connectivity index (χ1n) is 25.0. The van der Waals surface area contributed by atoms with Crippen molar-refractivity contribution in [1.29, 1.82) is 0 Å². The number of allylic oxidation sites excluding steroid dienone is 4. The lowest BCUT2D eigenvalue weighted by Crippen LogP contribution is -2.56. The van der Waals surface area contributed by atoms with Crippen LogP contribution in [0.4, 0.5) is 0 Å². The molecule has 0 aliphatic rings. The van der Waals surface area contributed by atoms with Gasteiger partial charge in [0.15, 0.2) is 0 Å². The number of hydrogen-bond acceptors (Lipinski definition) is 8. The van der Waals surface area contributed by atoms with E-state index in [1.165, 1.54) is 0 Å². The van der Waals surface area contributed by atoms with Crippen molar-refractivity contribution in [2.24, 2.45) is 0 Å². The minimum Gasteiger partial charge on any atom is -0.494 e. The van der Waals surface area contributed by atoms with Gasteiger partial charge >= 0.3 is 0 Å². The van der Waals surface area contributed by atoms with Crippen LogP contribution in [0.3, 0.4) is 0 Å². The fraction of sp³-hybridized carbons (Fsp3) is 0.250. The molecule has 0 saturated carbocycles. The van der Waals surface area contributed by atoms with Crippen LogP contribution in [0.15, 0.2) is 196 Å². The summed E-state index contributed by atoms with van der Waals surface area (Å²) in [7, 11) is 0. The van der Waals surface area contributed by atoms with Gasteiger partial charge in [-0.3, -0.25) is 0 Å². The Kier molecular flexibility index (Phi) is 16.9. The molecule has 0 heterocycles. The predicted molar refractivity (Wildman–Crippen MR) is 294 cm³/mol. The Bertz CT molecular complexity index is 2760. The highest BCUT2D eigenvalue weighted by molar-refractivity contribution is 5.88. The molecule has 0 spiro atoms. The Hall–Kier alpha value is -7.20. The van der Waals surface area contributed by atoms with Crippen LogP contribution in [0.2, 0.25) is 0 Å². The minimum absolute atomic E-state index is 0.309. The van der Waals surface area contributed by atoms with Crippen LogP contribution >= 0.6 is 0 Å². The number of rotatable bonds is 27. The van der Waals surface area contributed by atoms with Crippen LogP contribution in [-0.2, 0) is 11.2 Å². The van der Waals surface area contributed by atoms with Crippen LogP contribution in [0, 0.1) is 0 Å². The van der Waals surface area contributed by atoms with Crippen molar-refractivity contribution in [1.82, 2.24) is 0 Å². The Labute approximate surface area is 423 Å². The summed E-state index contributed by atoms with van der Waals surface area (Å²) in [6, 6.07) is 44.7. The molecule has 0 fully saturated rings. The number of unbranched alkanes of at least 4 members (excludes halogenated alkanes) is 4. The van der Waals surface area contributed by atoms with Crippen LogP contribution in [0.1, 0.15) is 73.6 Å². The van der Waals surface area contributed by atoms with Crippen molar-refractivity contribution >= 4 is 43.1 Å². The van der Waals surface area contributed by atoms with Gasteiger partial charge in [0.2, 0.25) is 0 Å². The third-order valence-electron chi connectivity index (χ3n) is 13.4. The lowest BCUT2D eigenvalue weighted by Gasteiger charge is -2.43. The molecule has 0 saturated heterocycles. The standard InChI is InChI=1S/C64H66O8/c1-5-9-13-33-69-57-29-21-45-37-53(25-17-49(45)41-57)63(67,54-26-18-50-42-58(30-22-46(50)38-54)70-34-14-10-6-2)61(65)62(66)64(68,55-27-19-51-43-59(31-23-47(51)39-55)71-35-15-11-7-3)56-28-20-52-44-60(32-24-48(52)40-56)72-36-16-12-8-4/h5-8,17-32,37-44,61-62,65-68H,1-4,9-16,33-36H2/t61-,62-/m1/s1. The highest BCUT2D eigenvalue weighted by Crippen LogP contribution is 2.45. The van der Waals surface area contributed by atoms with Crippen LogP contribution in [0.5, 0.6) is 23.0 Å². The van der Waals surface area contributed by atoms with E-state index >= 15 is 0 Å². The van der Waals surface area contributed by atoms with Gasteiger partial charge < -0.3 is 39.4 Å². The van der Waals surface area contributed by atoms with Gasteiger partial charge in [-0.05, 0) is 190 Å². The number of hydrogen-bond donors (Lipinski definition) is 4. The Morgan fingerprint density at radius 2 is 0.542 bits per heavy atom. The number of aliphatic hydroxyl groups excluding tert-OH is 2. The first kappa shape index (κ1) is 51.2. The zero-order valence-corrected chi connectivity index (χ0v) is 41.1. The minimum atomic E-state index is -2.29. The monoisotopic (exact) mass is 962 g/mol. The predicted octanol–water partition coefficient (Wildman–Crippen LogP) is 13.6. The molecule has 0 unspecified atom stereocenters. The molecule has 0 radical (unpaired) electrons. The smallest absolute Gasteiger partial charge is 0.143 e. The van der Waals surface area contributed by atoms with Gasteiger partial charge in [-0.1, -0.05) is 97.1 Å². The fourth-order valence-corrected chi connectivity index (χ4v) is 9.35. The van der Waals surface area contributed by atoms with Crippen molar-refractivity contribution in [2.75, 3.05) is 26.4 Å². The number of fused-ring (bicyclic) bond motifs is 4. The number of benzene rings is 8. The second kappa shape index (κ2) is 23.8. The van der Waals surface area contributed by atoms with Gasteiger partial charge in [0, 0.05) is 0 Å². The summed E-state index contributed by atoms with van der Waals surface area (Å²) in [6.45, 7) is 17.4. The van der Waals surface area contributed by atoms with E-state index in [-0.39, 0.29) is 0 Å². The lowest BCUT2D eigenvalue weighted by molar-refractivity contribution is -0.166. The molecular weight excluding hydrogens is 897 g/mol. The van der Waals surface area contributed by atoms with Gasteiger partial charge in [-0.2, -0.15) is 0 Å². The van der Waals surface area contributed by atoms with Crippen molar-refractivity contribution in [2.45, 2.75) is 74.8 Å². The zero-order chi connectivity index (χ0) is 50.5. The largest absolute Gasteiger partial charge is 0.494 e. The molecule has 0 amide bonds. The van der Waals surface area contributed by atoms with E-state index in [4.69, 9.17) is 18.9 Å². The second-order valence-corrected chi connectivity index (χ2v) is 18.4. The first-order chi connectivity index (χ1) is 35.1. The van der Waals surface area contributed by atoms with E-state index in [1.54, 1.807) is 24.3 Å². The topological polar surface area (TPSA) is 118 Å². The maximum Gasteiger partial charge on any atom is 0.143 e. The van der Waals surface area contributed by atoms with E-state index < -0.39 is 23.4 Å². The molecule has 370 valence electrons. The molecule has 8 rings (SSSR count).